The molecule has 2 heterocycles. The Balaban J connectivity index is 1.68. The van der Waals surface area contributed by atoms with Crippen LogP contribution in [0.4, 0.5) is 0 Å². The Hall–Kier alpha value is -2.57. The molecular weight excluding hydrogens is 380 g/mol. The highest BCUT2D eigenvalue weighted by Gasteiger charge is 2.12. The zero-order chi connectivity index (χ0) is 19.0. The van der Waals surface area contributed by atoms with E-state index < -0.39 is 0 Å². The molecule has 136 valence electrons. The first-order valence-electron chi connectivity index (χ1n) is 8.43. The highest BCUT2D eigenvalue weighted by atomic mass is 35.5. The van der Waals surface area contributed by atoms with E-state index in [-0.39, 0.29) is 5.56 Å². The van der Waals surface area contributed by atoms with Crippen LogP contribution in [-0.4, -0.2) is 19.2 Å². The second kappa shape index (κ2) is 7.21. The van der Waals surface area contributed by atoms with Crippen molar-refractivity contribution in [1.82, 2.24) is 19.2 Å². The smallest absolute Gasteiger partial charge is 0.280 e. The molecule has 0 aliphatic heterocycles. The molecule has 4 rings (SSSR count). The normalized spacial score (nSPS) is 11.2. The van der Waals surface area contributed by atoms with E-state index in [2.05, 4.69) is 16.3 Å². The van der Waals surface area contributed by atoms with Crippen LogP contribution in [0.1, 0.15) is 16.7 Å². The molecule has 0 unspecified atom stereocenters. The van der Waals surface area contributed by atoms with E-state index >= 15 is 0 Å². The maximum Gasteiger partial charge on any atom is 0.300 e. The first-order valence-corrected chi connectivity index (χ1v) is 9.80. The number of hydrogen-bond donors (Lipinski definition) is 0. The number of fused-ring (bicyclic) bond motifs is 1. The summed E-state index contributed by atoms with van der Waals surface area (Å²) in [5.41, 5.74) is 4.26. The third-order valence-electron chi connectivity index (χ3n) is 4.18. The van der Waals surface area contributed by atoms with Crippen molar-refractivity contribution in [2.24, 2.45) is 0 Å². The van der Waals surface area contributed by atoms with Crippen molar-refractivity contribution in [2.75, 3.05) is 0 Å². The van der Waals surface area contributed by atoms with Gasteiger partial charge in [-0.1, -0.05) is 41.6 Å². The molecule has 0 radical (unpaired) electrons. The van der Waals surface area contributed by atoms with Crippen molar-refractivity contribution in [3.8, 4) is 5.69 Å². The first-order chi connectivity index (χ1) is 13.0. The van der Waals surface area contributed by atoms with Gasteiger partial charge < -0.3 is 0 Å². The van der Waals surface area contributed by atoms with Crippen molar-refractivity contribution in [2.45, 2.75) is 24.8 Å². The van der Waals surface area contributed by atoms with E-state index in [0.29, 0.717) is 21.6 Å². The number of aryl methyl sites for hydroxylation is 2. The first kappa shape index (κ1) is 17.8. The number of thioether (sulfide) groups is 1. The fourth-order valence-corrected chi connectivity index (χ4v) is 4.11. The van der Waals surface area contributed by atoms with Crippen LogP contribution in [0.15, 0.2) is 64.8 Å². The van der Waals surface area contributed by atoms with Crippen molar-refractivity contribution < 1.29 is 0 Å². The number of halogens is 1. The molecule has 0 atom stereocenters. The lowest BCUT2D eigenvalue weighted by Gasteiger charge is -2.08. The topological polar surface area (TPSA) is 52.2 Å². The van der Waals surface area contributed by atoms with Gasteiger partial charge in [0.05, 0.1) is 0 Å². The highest BCUT2D eigenvalue weighted by molar-refractivity contribution is 7.98. The fourth-order valence-electron chi connectivity index (χ4n) is 3.03. The van der Waals surface area contributed by atoms with Gasteiger partial charge in [0.15, 0.2) is 5.16 Å². The van der Waals surface area contributed by atoms with Crippen LogP contribution in [0.25, 0.3) is 11.3 Å². The lowest BCUT2D eigenvalue weighted by molar-refractivity contribution is 0.892. The van der Waals surface area contributed by atoms with E-state index in [1.807, 2.05) is 56.4 Å². The van der Waals surface area contributed by atoms with Gasteiger partial charge in [-0.25, -0.2) is 0 Å². The number of benzene rings is 2. The van der Waals surface area contributed by atoms with Gasteiger partial charge in [0.1, 0.15) is 0 Å². The van der Waals surface area contributed by atoms with E-state index in [1.165, 1.54) is 11.8 Å². The summed E-state index contributed by atoms with van der Waals surface area (Å²) in [6.45, 7) is 4.03. The van der Waals surface area contributed by atoms with Gasteiger partial charge in [0, 0.05) is 28.9 Å². The lowest BCUT2D eigenvalue weighted by Crippen LogP contribution is -2.20. The third-order valence-corrected chi connectivity index (χ3v) is 5.43. The van der Waals surface area contributed by atoms with Gasteiger partial charge in [-0.2, -0.15) is 0 Å². The summed E-state index contributed by atoms with van der Waals surface area (Å²) < 4.78 is 3.34. The summed E-state index contributed by atoms with van der Waals surface area (Å²) in [6.07, 6.45) is 3.59. The predicted molar refractivity (Wildman–Crippen MR) is 109 cm³/mol. The van der Waals surface area contributed by atoms with Crippen LogP contribution in [-0.2, 0) is 5.75 Å². The zero-order valence-corrected chi connectivity index (χ0v) is 16.5. The number of nitrogens with zero attached hydrogens (tertiary/aromatic N) is 4. The summed E-state index contributed by atoms with van der Waals surface area (Å²) in [4.78, 5) is 12.9. The quantitative estimate of drug-likeness (QED) is 0.478. The molecule has 0 N–H and O–H groups in total. The minimum absolute atomic E-state index is 0.190. The van der Waals surface area contributed by atoms with Gasteiger partial charge in [-0.3, -0.25) is 13.8 Å². The van der Waals surface area contributed by atoms with Crippen molar-refractivity contribution in [3.63, 3.8) is 0 Å². The molecule has 0 bridgehead atoms. The van der Waals surface area contributed by atoms with Crippen LogP contribution in [0.2, 0.25) is 5.02 Å². The lowest BCUT2D eigenvalue weighted by atomic mass is 10.1. The number of rotatable bonds is 4. The SMILES string of the molecule is Cc1cc(C)cc(-n2ccn3c(SCc4cccc(Cl)c4)nnc3c2=O)c1. The zero-order valence-electron chi connectivity index (χ0n) is 14.9. The summed E-state index contributed by atoms with van der Waals surface area (Å²) in [7, 11) is 0. The molecular formula is C20H17ClN4OS. The minimum Gasteiger partial charge on any atom is -0.280 e. The second-order valence-electron chi connectivity index (χ2n) is 6.41. The van der Waals surface area contributed by atoms with Gasteiger partial charge in [-0.05, 0) is 54.8 Å². The Morgan fingerprint density at radius 3 is 2.56 bits per heavy atom. The van der Waals surface area contributed by atoms with E-state index in [0.717, 1.165) is 22.4 Å². The summed E-state index contributed by atoms with van der Waals surface area (Å²) in [5.74, 6) is 0.696. The molecule has 0 saturated heterocycles. The highest BCUT2D eigenvalue weighted by Crippen LogP contribution is 2.23. The molecule has 4 aromatic rings. The Morgan fingerprint density at radius 1 is 1.04 bits per heavy atom. The molecule has 5 nitrogen and oxygen atoms in total. The van der Waals surface area contributed by atoms with Crippen LogP contribution in [0.3, 0.4) is 0 Å². The van der Waals surface area contributed by atoms with Gasteiger partial charge in [0.25, 0.3) is 0 Å². The van der Waals surface area contributed by atoms with Gasteiger partial charge >= 0.3 is 5.56 Å². The summed E-state index contributed by atoms with van der Waals surface area (Å²) in [5, 5.41) is 9.68. The third kappa shape index (κ3) is 3.63. The second-order valence-corrected chi connectivity index (χ2v) is 7.79. The van der Waals surface area contributed by atoms with Crippen molar-refractivity contribution >= 4 is 29.0 Å². The Kier molecular flexibility index (Phi) is 4.76. The predicted octanol–water partition coefficient (Wildman–Crippen LogP) is 4.44. The average Bonchev–Trinajstić information content (AvgIpc) is 3.03. The monoisotopic (exact) mass is 396 g/mol. The fraction of sp³-hybridized carbons (Fsp3) is 0.150. The summed E-state index contributed by atoms with van der Waals surface area (Å²) >= 11 is 7.55. The van der Waals surface area contributed by atoms with Crippen LogP contribution < -0.4 is 5.56 Å². The van der Waals surface area contributed by atoms with Crippen molar-refractivity contribution in [3.05, 3.63) is 86.9 Å². The Labute approximate surface area is 165 Å². The Morgan fingerprint density at radius 2 is 1.81 bits per heavy atom. The molecule has 0 amide bonds. The molecule has 27 heavy (non-hydrogen) atoms. The molecule has 2 aromatic heterocycles. The van der Waals surface area contributed by atoms with E-state index in [9.17, 15) is 4.79 Å². The van der Waals surface area contributed by atoms with Crippen molar-refractivity contribution in [1.29, 1.82) is 0 Å². The van der Waals surface area contributed by atoms with Gasteiger partial charge in [0.2, 0.25) is 5.65 Å². The molecule has 0 saturated carbocycles. The maximum absolute atomic E-state index is 12.9. The average molecular weight is 397 g/mol. The maximum atomic E-state index is 12.9. The molecule has 2 aromatic carbocycles. The number of aromatic nitrogens is 4. The van der Waals surface area contributed by atoms with Crippen LogP contribution >= 0.6 is 23.4 Å². The summed E-state index contributed by atoms with van der Waals surface area (Å²) in [6, 6.07) is 13.7. The molecule has 7 heteroatoms. The Bertz CT molecular complexity index is 1180. The van der Waals surface area contributed by atoms with Crippen LogP contribution in [0, 0.1) is 13.8 Å². The van der Waals surface area contributed by atoms with E-state index in [1.54, 1.807) is 15.2 Å². The largest absolute Gasteiger partial charge is 0.300 e. The minimum atomic E-state index is -0.190. The van der Waals surface area contributed by atoms with Gasteiger partial charge in [-0.15, -0.1) is 10.2 Å². The molecule has 0 fully saturated rings. The molecule has 0 aliphatic rings. The molecule has 0 aliphatic carbocycles. The standard InChI is InChI=1S/C20H17ClN4OS/c1-13-8-14(2)10-17(9-13)24-6-7-25-18(19(24)26)22-23-20(25)27-12-15-4-3-5-16(21)11-15/h3-11H,12H2,1-2H3. The number of hydrogen-bond acceptors (Lipinski definition) is 4. The van der Waals surface area contributed by atoms with E-state index in [4.69, 9.17) is 11.6 Å². The van der Waals surface area contributed by atoms with Crippen LogP contribution in [0.5, 0.6) is 0 Å². The molecule has 0 spiro atoms.